The second-order valence-electron chi connectivity index (χ2n) is 5.91. The van der Waals surface area contributed by atoms with Gasteiger partial charge in [0.2, 0.25) is 0 Å². The van der Waals surface area contributed by atoms with Crippen molar-refractivity contribution in [3.63, 3.8) is 0 Å². The molecule has 1 aliphatic heterocycles. The van der Waals surface area contributed by atoms with E-state index in [0.29, 0.717) is 18.2 Å². The van der Waals surface area contributed by atoms with Crippen LogP contribution in [0.25, 0.3) is 10.8 Å². The maximum Gasteiger partial charge on any atom is 0.414 e. The van der Waals surface area contributed by atoms with Crippen LogP contribution in [0.2, 0.25) is 5.02 Å². The Morgan fingerprint density at radius 2 is 1.80 bits per heavy atom. The first kappa shape index (κ1) is 15.8. The largest absolute Gasteiger partial charge is 0.490 e. The van der Waals surface area contributed by atoms with Crippen LogP contribution in [0.3, 0.4) is 0 Å². The van der Waals surface area contributed by atoms with Crippen molar-refractivity contribution in [2.75, 3.05) is 18.1 Å². The van der Waals surface area contributed by atoms with Crippen molar-refractivity contribution in [3.8, 4) is 5.75 Å². The summed E-state index contributed by atoms with van der Waals surface area (Å²) in [7, 11) is 0. The molecule has 0 radical (unpaired) electrons. The summed E-state index contributed by atoms with van der Waals surface area (Å²) in [5.41, 5.74) is 0.766. The number of cyclic esters (lactones) is 1. The zero-order chi connectivity index (χ0) is 17.2. The average Bonchev–Trinajstić information content (AvgIpc) is 3.01. The number of carbonyl (C=O) groups excluding carboxylic acids is 1. The van der Waals surface area contributed by atoms with Gasteiger partial charge in [0.1, 0.15) is 12.4 Å². The third-order valence-electron chi connectivity index (χ3n) is 4.17. The van der Waals surface area contributed by atoms with E-state index in [0.717, 1.165) is 22.2 Å². The molecule has 1 aliphatic rings. The van der Waals surface area contributed by atoms with E-state index in [1.165, 1.54) is 0 Å². The number of rotatable bonds is 4. The summed E-state index contributed by atoms with van der Waals surface area (Å²) in [5.74, 6) is 0.764. The first-order valence-corrected chi connectivity index (χ1v) is 8.42. The van der Waals surface area contributed by atoms with Gasteiger partial charge in [-0.25, -0.2) is 4.79 Å². The smallest absolute Gasteiger partial charge is 0.414 e. The van der Waals surface area contributed by atoms with E-state index in [1.807, 2.05) is 36.4 Å². The van der Waals surface area contributed by atoms with E-state index in [4.69, 9.17) is 21.1 Å². The molecule has 5 heteroatoms. The minimum atomic E-state index is -0.366. The summed E-state index contributed by atoms with van der Waals surface area (Å²) >= 11 is 5.89. The van der Waals surface area contributed by atoms with Crippen molar-refractivity contribution >= 4 is 34.2 Å². The van der Waals surface area contributed by atoms with Crippen molar-refractivity contribution in [2.24, 2.45) is 0 Å². The molecule has 4 rings (SSSR count). The van der Waals surface area contributed by atoms with Crippen molar-refractivity contribution in [2.45, 2.75) is 6.10 Å². The number of ether oxygens (including phenoxy) is 2. The Balaban J connectivity index is 1.41. The molecule has 0 aromatic heterocycles. The third-order valence-corrected chi connectivity index (χ3v) is 4.42. The van der Waals surface area contributed by atoms with Gasteiger partial charge in [-0.05, 0) is 47.2 Å². The third kappa shape index (κ3) is 3.39. The summed E-state index contributed by atoms with van der Waals surface area (Å²) in [6, 6.07) is 21.1. The van der Waals surface area contributed by atoms with Gasteiger partial charge in [-0.3, -0.25) is 4.90 Å². The quantitative estimate of drug-likeness (QED) is 0.669. The second kappa shape index (κ2) is 6.65. The van der Waals surface area contributed by atoms with Gasteiger partial charge in [0.15, 0.2) is 6.10 Å². The standard InChI is InChI=1S/C20H16ClNO3/c21-16-6-8-17(9-7-16)22-12-19(25-20(22)23)13-24-18-10-5-14-3-1-2-4-15(14)11-18/h1-11,19H,12-13H2. The van der Waals surface area contributed by atoms with Crippen molar-refractivity contribution < 1.29 is 14.3 Å². The Labute approximate surface area is 150 Å². The summed E-state index contributed by atoms with van der Waals surface area (Å²) in [4.78, 5) is 13.7. The van der Waals surface area contributed by atoms with Gasteiger partial charge in [0, 0.05) is 10.7 Å². The first-order chi connectivity index (χ1) is 12.2. The lowest BCUT2D eigenvalue weighted by molar-refractivity contribution is 0.105. The van der Waals surface area contributed by atoms with Gasteiger partial charge < -0.3 is 9.47 Å². The molecule has 1 heterocycles. The van der Waals surface area contributed by atoms with E-state index >= 15 is 0 Å². The molecule has 4 nitrogen and oxygen atoms in total. The SMILES string of the molecule is O=C1OC(COc2ccc3ccccc3c2)CN1c1ccc(Cl)cc1. The molecule has 0 spiro atoms. The molecule has 1 atom stereocenters. The lowest BCUT2D eigenvalue weighted by atomic mass is 10.1. The molecule has 0 N–H and O–H groups in total. The zero-order valence-corrected chi connectivity index (χ0v) is 14.1. The predicted octanol–water partition coefficient (Wildman–Crippen LogP) is 4.90. The van der Waals surface area contributed by atoms with Crippen molar-refractivity contribution in [3.05, 3.63) is 71.8 Å². The maximum atomic E-state index is 12.1. The van der Waals surface area contributed by atoms with Crippen LogP contribution in [-0.4, -0.2) is 25.3 Å². The highest BCUT2D eigenvalue weighted by molar-refractivity contribution is 6.30. The molecular weight excluding hydrogens is 338 g/mol. The molecule has 0 saturated carbocycles. The van der Waals surface area contributed by atoms with Crippen LogP contribution >= 0.6 is 11.6 Å². The summed E-state index contributed by atoms with van der Waals surface area (Å²) in [6.07, 6.45) is -0.677. The van der Waals surface area contributed by atoms with Crippen LogP contribution in [0.5, 0.6) is 5.75 Å². The number of benzene rings is 3. The molecule has 3 aromatic rings. The molecule has 1 unspecified atom stereocenters. The Bertz CT molecular complexity index is 910. The van der Waals surface area contributed by atoms with Crippen molar-refractivity contribution in [1.29, 1.82) is 0 Å². The van der Waals surface area contributed by atoms with Crippen LogP contribution in [-0.2, 0) is 4.74 Å². The molecule has 25 heavy (non-hydrogen) atoms. The van der Waals surface area contributed by atoms with Crippen LogP contribution < -0.4 is 9.64 Å². The minimum absolute atomic E-state index is 0.311. The summed E-state index contributed by atoms with van der Waals surface area (Å²) in [5, 5.41) is 2.91. The average molecular weight is 354 g/mol. The molecule has 0 aliphatic carbocycles. The van der Waals surface area contributed by atoms with Crippen LogP contribution in [0.4, 0.5) is 10.5 Å². The van der Waals surface area contributed by atoms with Gasteiger partial charge in [-0.2, -0.15) is 0 Å². The molecule has 1 saturated heterocycles. The Kier molecular flexibility index (Phi) is 4.20. The summed E-state index contributed by atoms with van der Waals surface area (Å²) in [6.45, 7) is 0.766. The summed E-state index contributed by atoms with van der Waals surface area (Å²) < 4.78 is 11.2. The molecular formula is C20H16ClNO3. The maximum absolute atomic E-state index is 12.1. The Morgan fingerprint density at radius 3 is 2.60 bits per heavy atom. The molecule has 3 aromatic carbocycles. The van der Waals surface area contributed by atoms with Gasteiger partial charge in [-0.1, -0.05) is 41.9 Å². The monoisotopic (exact) mass is 353 g/mol. The predicted molar refractivity (Wildman–Crippen MR) is 98.5 cm³/mol. The van der Waals surface area contributed by atoms with Crippen LogP contribution in [0, 0.1) is 0 Å². The number of carbonyl (C=O) groups is 1. The molecule has 0 bridgehead atoms. The minimum Gasteiger partial charge on any atom is -0.490 e. The topological polar surface area (TPSA) is 38.8 Å². The van der Waals surface area contributed by atoms with E-state index in [2.05, 4.69) is 6.07 Å². The van der Waals surface area contributed by atoms with E-state index in [1.54, 1.807) is 29.2 Å². The fourth-order valence-corrected chi connectivity index (χ4v) is 3.01. The zero-order valence-electron chi connectivity index (χ0n) is 13.4. The number of fused-ring (bicyclic) bond motifs is 1. The fourth-order valence-electron chi connectivity index (χ4n) is 2.89. The highest BCUT2D eigenvalue weighted by atomic mass is 35.5. The van der Waals surface area contributed by atoms with Gasteiger partial charge in [0.25, 0.3) is 0 Å². The van der Waals surface area contributed by atoms with Gasteiger partial charge >= 0.3 is 6.09 Å². The van der Waals surface area contributed by atoms with Crippen molar-refractivity contribution in [1.82, 2.24) is 0 Å². The fraction of sp³-hybridized carbons (Fsp3) is 0.150. The normalized spacial score (nSPS) is 16.9. The molecule has 1 fully saturated rings. The Morgan fingerprint density at radius 1 is 1.04 bits per heavy atom. The molecule has 126 valence electrons. The van der Waals surface area contributed by atoms with Gasteiger partial charge in [-0.15, -0.1) is 0 Å². The highest BCUT2D eigenvalue weighted by Crippen LogP contribution is 2.25. The van der Waals surface area contributed by atoms with E-state index < -0.39 is 0 Å². The number of nitrogens with zero attached hydrogens (tertiary/aromatic N) is 1. The number of anilines is 1. The van der Waals surface area contributed by atoms with Crippen LogP contribution in [0.1, 0.15) is 0 Å². The molecule has 1 amide bonds. The Hall–Kier alpha value is -2.72. The number of hydrogen-bond acceptors (Lipinski definition) is 3. The number of hydrogen-bond donors (Lipinski definition) is 0. The highest BCUT2D eigenvalue weighted by Gasteiger charge is 2.32. The lowest BCUT2D eigenvalue weighted by Crippen LogP contribution is -2.26. The van der Waals surface area contributed by atoms with E-state index in [-0.39, 0.29) is 12.2 Å². The second-order valence-corrected chi connectivity index (χ2v) is 6.35. The van der Waals surface area contributed by atoms with E-state index in [9.17, 15) is 4.79 Å². The lowest BCUT2D eigenvalue weighted by Gasteiger charge is -2.13. The van der Waals surface area contributed by atoms with Gasteiger partial charge in [0.05, 0.1) is 6.54 Å². The number of amides is 1. The number of halogens is 1. The first-order valence-electron chi connectivity index (χ1n) is 8.04. The van der Waals surface area contributed by atoms with Crippen LogP contribution in [0.15, 0.2) is 66.7 Å².